The Balaban J connectivity index is 1.37. The van der Waals surface area contributed by atoms with Gasteiger partial charge in [0.2, 0.25) is 5.91 Å². The van der Waals surface area contributed by atoms with Gasteiger partial charge in [-0.2, -0.15) is 0 Å². The van der Waals surface area contributed by atoms with E-state index in [0.717, 1.165) is 29.7 Å². The van der Waals surface area contributed by atoms with Crippen LogP contribution in [-0.2, 0) is 11.3 Å². The maximum absolute atomic E-state index is 13.0. The minimum Gasteiger partial charge on any atom is -0.342 e. The molecule has 0 saturated carbocycles. The summed E-state index contributed by atoms with van der Waals surface area (Å²) in [5.41, 5.74) is 3.71. The maximum Gasteiger partial charge on any atom is 0.253 e. The van der Waals surface area contributed by atoms with Gasteiger partial charge in [0.1, 0.15) is 17.2 Å². The molecule has 1 saturated heterocycles. The minimum absolute atomic E-state index is 0.000970. The van der Waals surface area contributed by atoms with Crippen molar-refractivity contribution in [3.63, 3.8) is 0 Å². The number of imidazole rings is 1. The van der Waals surface area contributed by atoms with Crippen LogP contribution in [0.3, 0.4) is 0 Å². The summed E-state index contributed by atoms with van der Waals surface area (Å²) in [5.74, 6) is 1.00. The predicted octanol–water partition coefficient (Wildman–Crippen LogP) is 2.46. The van der Waals surface area contributed by atoms with Crippen molar-refractivity contribution in [3.05, 3.63) is 41.0 Å². The molecule has 0 aliphatic carbocycles. The molecule has 3 aromatic rings. The molecule has 2 aromatic heterocycles. The number of carbonyl (C=O) groups excluding carboxylic acids is 2. The first-order chi connectivity index (χ1) is 14.4. The van der Waals surface area contributed by atoms with Gasteiger partial charge in [-0.05, 0) is 50.8 Å². The molecule has 1 aliphatic rings. The Bertz CT molecular complexity index is 1070. The second kappa shape index (κ2) is 8.25. The maximum atomic E-state index is 13.0. The van der Waals surface area contributed by atoms with Gasteiger partial charge < -0.3 is 14.8 Å². The summed E-state index contributed by atoms with van der Waals surface area (Å²) in [5, 5.41) is 7.59. The van der Waals surface area contributed by atoms with Gasteiger partial charge in [0.15, 0.2) is 0 Å². The van der Waals surface area contributed by atoms with Crippen LogP contribution >= 0.6 is 0 Å². The fourth-order valence-corrected chi connectivity index (χ4v) is 3.98. The molecule has 9 nitrogen and oxygen atoms in total. The van der Waals surface area contributed by atoms with Crippen molar-refractivity contribution in [1.82, 2.24) is 30.1 Å². The van der Waals surface area contributed by atoms with Crippen LogP contribution in [0.2, 0.25) is 0 Å². The molecular weight excluding hydrogens is 384 g/mol. The summed E-state index contributed by atoms with van der Waals surface area (Å²) >= 11 is 0. The van der Waals surface area contributed by atoms with Crippen molar-refractivity contribution in [2.24, 2.45) is 5.92 Å². The summed E-state index contributed by atoms with van der Waals surface area (Å²) in [4.78, 5) is 36.8. The largest absolute Gasteiger partial charge is 0.342 e. The van der Waals surface area contributed by atoms with Gasteiger partial charge >= 0.3 is 0 Å². The molecule has 0 spiro atoms. The standard InChI is InChI=1S/C21H26N6O3/c1-13-19(25-30-24-13)12-26(3)20(28)9-15-5-4-8-27(11-15)21(29)16-6-7-17-18(10-16)23-14(2)22-17/h6-7,10,15H,4-5,8-9,11-12H2,1-3H3,(H,22,23)/t15-/m0/s1. The third-order valence-corrected chi connectivity index (χ3v) is 5.68. The monoisotopic (exact) mass is 410 g/mol. The van der Waals surface area contributed by atoms with E-state index in [2.05, 4.69) is 20.3 Å². The van der Waals surface area contributed by atoms with E-state index >= 15 is 0 Å². The zero-order valence-electron chi connectivity index (χ0n) is 17.5. The van der Waals surface area contributed by atoms with Crippen LogP contribution in [0.25, 0.3) is 11.0 Å². The average Bonchev–Trinajstić information content (AvgIpc) is 3.31. The lowest BCUT2D eigenvalue weighted by Gasteiger charge is -2.33. The lowest BCUT2D eigenvalue weighted by molar-refractivity contribution is -0.131. The van der Waals surface area contributed by atoms with Crippen molar-refractivity contribution in [2.75, 3.05) is 20.1 Å². The van der Waals surface area contributed by atoms with Gasteiger partial charge in [-0.15, -0.1) is 0 Å². The summed E-state index contributed by atoms with van der Waals surface area (Å²) < 4.78 is 4.70. The number of nitrogens with one attached hydrogen (secondary N) is 1. The highest BCUT2D eigenvalue weighted by Gasteiger charge is 2.27. The summed E-state index contributed by atoms with van der Waals surface area (Å²) in [6.07, 6.45) is 2.24. The highest BCUT2D eigenvalue weighted by molar-refractivity contribution is 5.97. The van der Waals surface area contributed by atoms with E-state index in [1.807, 2.05) is 30.0 Å². The van der Waals surface area contributed by atoms with E-state index in [-0.39, 0.29) is 17.7 Å². The third kappa shape index (κ3) is 4.19. The van der Waals surface area contributed by atoms with E-state index in [9.17, 15) is 9.59 Å². The van der Waals surface area contributed by atoms with Gasteiger partial charge in [0, 0.05) is 32.1 Å². The number of hydrogen-bond donors (Lipinski definition) is 1. The minimum atomic E-state index is -0.000970. The van der Waals surface area contributed by atoms with Crippen LogP contribution in [0.15, 0.2) is 22.8 Å². The molecule has 30 heavy (non-hydrogen) atoms. The summed E-state index contributed by atoms with van der Waals surface area (Å²) in [6, 6.07) is 5.54. The zero-order chi connectivity index (χ0) is 21.3. The molecule has 1 N–H and O–H groups in total. The highest BCUT2D eigenvalue weighted by Crippen LogP contribution is 2.23. The SMILES string of the molecule is Cc1nc2ccc(C(=O)N3CCC[C@@H](CC(=O)N(C)Cc4nonc4C)C3)cc2[nH]1. The molecule has 158 valence electrons. The van der Waals surface area contributed by atoms with Crippen molar-refractivity contribution >= 4 is 22.8 Å². The molecule has 4 rings (SSSR count). The Morgan fingerprint density at radius 3 is 2.90 bits per heavy atom. The van der Waals surface area contributed by atoms with Crippen molar-refractivity contribution < 1.29 is 14.2 Å². The molecule has 1 aliphatic heterocycles. The Morgan fingerprint density at radius 1 is 1.30 bits per heavy atom. The van der Waals surface area contributed by atoms with Crippen LogP contribution < -0.4 is 0 Å². The van der Waals surface area contributed by atoms with Gasteiger partial charge in [-0.3, -0.25) is 9.59 Å². The van der Waals surface area contributed by atoms with E-state index in [1.165, 1.54) is 0 Å². The second-order valence-electron chi connectivity index (χ2n) is 8.06. The number of H-pyrrole nitrogens is 1. The van der Waals surface area contributed by atoms with E-state index in [0.29, 0.717) is 43.0 Å². The topological polar surface area (TPSA) is 108 Å². The van der Waals surface area contributed by atoms with Gasteiger partial charge in [0.05, 0.1) is 17.6 Å². The van der Waals surface area contributed by atoms with Gasteiger partial charge in [-0.1, -0.05) is 10.3 Å². The van der Waals surface area contributed by atoms with E-state index in [4.69, 9.17) is 4.63 Å². The molecule has 3 heterocycles. The zero-order valence-corrected chi connectivity index (χ0v) is 17.5. The normalized spacial score (nSPS) is 16.8. The Kier molecular flexibility index (Phi) is 5.52. The first-order valence-corrected chi connectivity index (χ1v) is 10.2. The molecule has 2 amide bonds. The number of aromatic nitrogens is 4. The number of rotatable bonds is 5. The summed E-state index contributed by atoms with van der Waals surface area (Å²) in [7, 11) is 1.75. The number of piperidine rings is 1. The molecule has 9 heteroatoms. The fraction of sp³-hybridized carbons (Fsp3) is 0.476. The number of hydrogen-bond acceptors (Lipinski definition) is 6. The van der Waals surface area contributed by atoms with Crippen LogP contribution in [0.1, 0.15) is 46.8 Å². The first-order valence-electron chi connectivity index (χ1n) is 10.2. The quantitative estimate of drug-likeness (QED) is 0.692. The van der Waals surface area contributed by atoms with Crippen molar-refractivity contribution in [2.45, 2.75) is 39.7 Å². The molecule has 1 aromatic carbocycles. The number of nitrogens with zero attached hydrogens (tertiary/aromatic N) is 5. The predicted molar refractivity (Wildman–Crippen MR) is 110 cm³/mol. The second-order valence-corrected chi connectivity index (χ2v) is 8.06. The lowest BCUT2D eigenvalue weighted by Crippen LogP contribution is -2.41. The number of aromatic amines is 1. The first kappa shape index (κ1) is 20.1. The van der Waals surface area contributed by atoms with Gasteiger partial charge in [-0.25, -0.2) is 9.61 Å². The molecule has 0 bridgehead atoms. The van der Waals surface area contributed by atoms with Crippen molar-refractivity contribution in [3.8, 4) is 0 Å². The third-order valence-electron chi connectivity index (χ3n) is 5.68. The van der Waals surface area contributed by atoms with E-state index in [1.54, 1.807) is 18.9 Å². The smallest absolute Gasteiger partial charge is 0.253 e. The fourth-order valence-electron chi connectivity index (χ4n) is 3.98. The Labute approximate surface area is 174 Å². The Morgan fingerprint density at radius 2 is 2.13 bits per heavy atom. The summed E-state index contributed by atoms with van der Waals surface area (Å²) in [6.45, 7) is 5.36. The molecule has 0 radical (unpaired) electrons. The van der Waals surface area contributed by atoms with E-state index < -0.39 is 0 Å². The Hall–Kier alpha value is -3.23. The number of likely N-dealkylation sites (tertiary alicyclic amines) is 1. The number of carbonyl (C=O) groups is 2. The highest BCUT2D eigenvalue weighted by atomic mass is 16.6. The molecule has 1 fully saturated rings. The molecular formula is C21H26N6O3. The number of benzene rings is 1. The average molecular weight is 410 g/mol. The van der Waals surface area contributed by atoms with Crippen LogP contribution in [-0.4, -0.2) is 62.0 Å². The van der Waals surface area contributed by atoms with Gasteiger partial charge in [0.25, 0.3) is 5.91 Å². The van der Waals surface area contributed by atoms with Crippen LogP contribution in [0.5, 0.6) is 0 Å². The lowest BCUT2D eigenvalue weighted by atomic mass is 9.93. The van der Waals surface area contributed by atoms with Crippen molar-refractivity contribution in [1.29, 1.82) is 0 Å². The van der Waals surface area contributed by atoms with Crippen LogP contribution in [0.4, 0.5) is 0 Å². The van der Waals surface area contributed by atoms with Crippen LogP contribution in [0, 0.1) is 19.8 Å². The number of aryl methyl sites for hydroxylation is 2. The number of fused-ring (bicyclic) bond motifs is 1. The molecule has 0 unspecified atom stereocenters. The number of amides is 2. The molecule has 1 atom stereocenters.